The van der Waals surface area contributed by atoms with E-state index < -0.39 is 0 Å². The summed E-state index contributed by atoms with van der Waals surface area (Å²) in [6.07, 6.45) is 5.38. The van der Waals surface area contributed by atoms with Crippen LogP contribution in [0.15, 0.2) is 0 Å². The van der Waals surface area contributed by atoms with Gasteiger partial charge in [-0.05, 0) is 33.6 Å². The molecule has 0 spiro atoms. The van der Waals surface area contributed by atoms with Crippen LogP contribution in [0.3, 0.4) is 0 Å². The van der Waals surface area contributed by atoms with Crippen LogP contribution in [0, 0.1) is 13.8 Å². The van der Waals surface area contributed by atoms with Gasteiger partial charge in [-0.25, -0.2) is 4.98 Å². The van der Waals surface area contributed by atoms with E-state index in [1.54, 1.807) is 0 Å². The number of hydrogen-bond acceptors (Lipinski definition) is 3. The first-order valence-electron chi connectivity index (χ1n) is 5.77. The van der Waals surface area contributed by atoms with E-state index in [4.69, 9.17) is 0 Å². The van der Waals surface area contributed by atoms with Crippen LogP contribution in [0.5, 0.6) is 0 Å². The first-order valence-corrected chi connectivity index (χ1v) is 6.59. The molecule has 1 fully saturated rings. The molecular weight excluding hydrogens is 204 g/mol. The number of thiazole rings is 1. The highest BCUT2D eigenvalue weighted by Gasteiger charge is 2.27. The van der Waals surface area contributed by atoms with E-state index in [9.17, 15) is 0 Å². The Bertz CT molecular complexity index is 318. The van der Waals surface area contributed by atoms with Crippen LogP contribution in [0.4, 0.5) is 0 Å². The molecule has 3 heteroatoms. The quantitative estimate of drug-likeness (QED) is 0.853. The molecule has 0 bridgehead atoms. The standard InChI is InChI=1S/C12H20N2S/c1-9-10(2)15-11(14-9)8-13-12(3)6-4-5-7-12/h13H,4-8H2,1-3H3. The third kappa shape index (κ3) is 2.58. The third-order valence-electron chi connectivity index (χ3n) is 3.45. The number of nitrogens with zero attached hydrogens (tertiary/aromatic N) is 1. The van der Waals surface area contributed by atoms with Crippen molar-refractivity contribution in [2.24, 2.45) is 0 Å². The van der Waals surface area contributed by atoms with Crippen LogP contribution in [0.25, 0.3) is 0 Å². The summed E-state index contributed by atoms with van der Waals surface area (Å²) in [6.45, 7) is 7.52. The van der Waals surface area contributed by atoms with Crippen molar-refractivity contribution in [3.05, 3.63) is 15.6 Å². The summed E-state index contributed by atoms with van der Waals surface area (Å²) in [5.41, 5.74) is 1.56. The van der Waals surface area contributed by atoms with Crippen LogP contribution in [-0.4, -0.2) is 10.5 Å². The van der Waals surface area contributed by atoms with Gasteiger partial charge < -0.3 is 5.32 Å². The zero-order valence-corrected chi connectivity index (χ0v) is 10.7. The maximum absolute atomic E-state index is 4.56. The smallest absolute Gasteiger partial charge is 0.107 e. The molecule has 1 aliphatic carbocycles. The zero-order chi connectivity index (χ0) is 10.9. The molecule has 1 saturated carbocycles. The summed E-state index contributed by atoms with van der Waals surface area (Å²) in [5, 5.41) is 4.90. The van der Waals surface area contributed by atoms with Crippen molar-refractivity contribution >= 4 is 11.3 Å². The molecule has 2 nitrogen and oxygen atoms in total. The molecule has 0 amide bonds. The van der Waals surface area contributed by atoms with Crippen molar-refractivity contribution < 1.29 is 0 Å². The Balaban J connectivity index is 1.92. The molecule has 84 valence electrons. The van der Waals surface area contributed by atoms with E-state index in [0.29, 0.717) is 5.54 Å². The first kappa shape index (κ1) is 11.1. The van der Waals surface area contributed by atoms with Crippen molar-refractivity contribution in [2.75, 3.05) is 0 Å². The highest BCUT2D eigenvalue weighted by molar-refractivity contribution is 7.11. The van der Waals surface area contributed by atoms with Crippen molar-refractivity contribution in [3.63, 3.8) is 0 Å². The van der Waals surface area contributed by atoms with Gasteiger partial charge in [0, 0.05) is 17.0 Å². The molecule has 2 rings (SSSR count). The second-order valence-electron chi connectivity index (χ2n) is 4.87. The van der Waals surface area contributed by atoms with E-state index in [1.165, 1.54) is 41.3 Å². The summed E-state index contributed by atoms with van der Waals surface area (Å²) < 4.78 is 0. The van der Waals surface area contributed by atoms with E-state index in [-0.39, 0.29) is 0 Å². The summed E-state index contributed by atoms with van der Waals surface area (Å²) in [5.74, 6) is 0. The molecule has 0 aromatic carbocycles. The minimum atomic E-state index is 0.369. The first-order chi connectivity index (χ1) is 7.09. The van der Waals surface area contributed by atoms with Gasteiger partial charge >= 0.3 is 0 Å². The van der Waals surface area contributed by atoms with Gasteiger partial charge in [0.2, 0.25) is 0 Å². The number of aryl methyl sites for hydroxylation is 2. The van der Waals surface area contributed by atoms with Gasteiger partial charge in [0.05, 0.1) is 5.69 Å². The van der Waals surface area contributed by atoms with Crippen LogP contribution in [0.1, 0.15) is 48.2 Å². The Labute approximate surface area is 96.1 Å². The fourth-order valence-electron chi connectivity index (χ4n) is 2.24. The number of hydrogen-bond donors (Lipinski definition) is 1. The summed E-state index contributed by atoms with van der Waals surface area (Å²) in [7, 11) is 0. The Morgan fingerprint density at radius 2 is 2.00 bits per heavy atom. The molecule has 0 saturated heterocycles. The maximum Gasteiger partial charge on any atom is 0.107 e. The third-order valence-corrected chi connectivity index (χ3v) is 4.52. The topological polar surface area (TPSA) is 24.9 Å². The Hall–Kier alpha value is -0.410. The molecule has 0 aliphatic heterocycles. The molecule has 0 unspecified atom stereocenters. The second kappa shape index (κ2) is 4.22. The number of rotatable bonds is 3. The minimum absolute atomic E-state index is 0.369. The predicted molar refractivity (Wildman–Crippen MR) is 65.3 cm³/mol. The van der Waals surface area contributed by atoms with E-state index >= 15 is 0 Å². The molecule has 0 radical (unpaired) electrons. The van der Waals surface area contributed by atoms with Crippen molar-refractivity contribution in [3.8, 4) is 0 Å². The van der Waals surface area contributed by atoms with E-state index in [0.717, 1.165) is 6.54 Å². The Kier molecular flexibility index (Phi) is 3.12. The average molecular weight is 224 g/mol. The monoisotopic (exact) mass is 224 g/mol. The molecule has 15 heavy (non-hydrogen) atoms. The van der Waals surface area contributed by atoms with E-state index in [1.807, 2.05) is 11.3 Å². The fraction of sp³-hybridized carbons (Fsp3) is 0.750. The lowest BCUT2D eigenvalue weighted by molar-refractivity contribution is 0.362. The molecular formula is C12H20N2S. The molecule has 1 aromatic rings. The second-order valence-corrected chi connectivity index (χ2v) is 6.16. The van der Waals surface area contributed by atoms with Crippen LogP contribution >= 0.6 is 11.3 Å². The highest BCUT2D eigenvalue weighted by Crippen LogP contribution is 2.29. The van der Waals surface area contributed by atoms with Gasteiger partial charge in [0.25, 0.3) is 0 Å². The van der Waals surface area contributed by atoms with Gasteiger partial charge in [0.15, 0.2) is 0 Å². The van der Waals surface area contributed by atoms with Gasteiger partial charge in [-0.1, -0.05) is 12.8 Å². The lowest BCUT2D eigenvalue weighted by Crippen LogP contribution is -2.38. The van der Waals surface area contributed by atoms with E-state index in [2.05, 4.69) is 31.1 Å². The molecule has 1 aliphatic rings. The van der Waals surface area contributed by atoms with Crippen LogP contribution in [-0.2, 0) is 6.54 Å². The highest BCUT2D eigenvalue weighted by atomic mass is 32.1. The number of nitrogens with one attached hydrogen (secondary N) is 1. The molecule has 1 aromatic heterocycles. The summed E-state index contributed by atoms with van der Waals surface area (Å²) in [6, 6.07) is 0. The van der Waals surface area contributed by atoms with Gasteiger partial charge in [-0.3, -0.25) is 0 Å². The lowest BCUT2D eigenvalue weighted by Gasteiger charge is -2.24. The lowest BCUT2D eigenvalue weighted by atomic mass is 10.0. The Morgan fingerprint density at radius 1 is 1.33 bits per heavy atom. The largest absolute Gasteiger partial charge is 0.305 e. The average Bonchev–Trinajstić information content (AvgIpc) is 2.73. The van der Waals surface area contributed by atoms with Crippen molar-refractivity contribution in [2.45, 2.75) is 58.5 Å². The fourth-order valence-corrected chi connectivity index (χ4v) is 3.11. The zero-order valence-electron chi connectivity index (χ0n) is 9.89. The SMILES string of the molecule is Cc1nc(CNC2(C)CCCC2)sc1C. The Morgan fingerprint density at radius 3 is 2.53 bits per heavy atom. The predicted octanol–water partition coefficient (Wildman–Crippen LogP) is 3.18. The summed E-state index contributed by atoms with van der Waals surface area (Å²) >= 11 is 1.82. The molecule has 1 heterocycles. The minimum Gasteiger partial charge on any atom is -0.305 e. The molecule has 1 N–H and O–H groups in total. The summed E-state index contributed by atoms with van der Waals surface area (Å²) in [4.78, 5) is 5.91. The van der Waals surface area contributed by atoms with Crippen molar-refractivity contribution in [1.82, 2.24) is 10.3 Å². The van der Waals surface area contributed by atoms with Gasteiger partial charge in [-0.2, -0.15) is 0 Å². The van der Waals surface area contributed by atoms with Gasteiger partial charge in [-0.15, -0.1) is 11.3 Å². The van der Waals surface area contributed by atoms with Crippen molar-refractivity contribution in [1.29, 1.82) is 0 Å². The normalized spacial score (nSPS) is 19.7. The number of aromatic nitrogens is 1. The van der Waals surface area contributed by atoms with Gasteiger partial charge in [0.1, 0.15) is 5.01 Å². The van der Waals surface area contributed by atoms with Crippen LogP contribution in [0.2, 0.25) is 0 Å². The molecule has 0 atom stereocenters. The maximum atomic E-state index is 4.56. The van der Waals surface area contributed by atoms with Crippen LogP contribution < -0.4 is 5.32 Å².